The Balaban J connectivity index is 1.75. The van der Waals surface area contributed by atoms with Crippen LogP contribution in [0.1, 0.15) is 12.6 Å². The Morgan fingerprint density at radius 1 is 1.29 bits per heavy atom. The lowest BCUT2D eigenvalue weighted by atomic mass is 9.77. The molecule has 0 bridgehead atoms. The van der Waals surface area contributed by atoms with E-state index >= 15 is 0 Å². The number of rotatable bonds is 5. The highest BCUT2D eigenvalue weighted by Crippen LogP contribution is 2.45. The van der Waals surface area contributed by atoms with Gasteiger partial charge in [0, 0.05) is 24.4 Å². The van der Waals surface area contributed by atoms with Gasteiger partial charge in [0.05, 0.1) is 31.0 Å². The number of aromatic nitrogens is 2. The summed E-state index contributed by atoms with van der Waals surface area (Å²) in [5.74, 6) is -3.25. The molecule has 9 nitrogen and oxygen atoms in total. The molecule has 0 radical (unpaired) electrons. The highest BCUT2D eigenvalue weighted by atomic mass is 16.5. The number of nitrogens with one attached hydrogen (secondary N) is 2. The Labute approximate surface area is 160 Å². The second-order valence-corrected chi connectivity index (χ2v) is 7.18. The van der Waals surface area contributed by atoms with Crippen molar-refractivity contribution >= 4 is 23.5 Å². The number of imide groups is 1. The van der Waals surface area contributed by atoms with Gasteiger partial charge in [0.1, 0.15) is 11.3 Å². The number of carbonyl (C=O) groups excluding carboxylic acids is 2. The number of ether oxygens (including phenoxy) is 1. The molecule has 0 spiro atoms. The molecule has 2 aliphatic heterocycles. The zero-order chi connectivity index (χ0) is 20.1. The molecule has 2 aliphatic rings. The number of carboxylic acids is 1. The Kier molecular flexibility index (Phi) is 4.19. The smallest absolute Gasteiger partial charge is 0.325 e. The number of imidazole rings is 1. The molecule has 146 valence electrons. The van der Waals surface area contributed by atoms with E-state index in [-0.39, 0.29) is 6.42 Å². The van der Waals surface area contributed by atoms with Crippen molar-refractivity contribution in [2.75, 3.05) is 12.0 Å². The van der Waals surface area contributed by atoms with Gasteiger partial charge in [0.2, 0.25) is 11.8 Å². The molecule has 28 heavy (non-hydrogen) atoms. The Hall–Kier alpha value is -3.20. The van der Waals surface area contributed by atoms with Crippen LogP contribution in [0.4, 0.5) is 5.69 Å². The molecule has 4 rings (SSSR count). The minimum atomic E-state index is -1.59. The van der Waals surface area contributed by atoms with Crippen LogP contribution in [0, 0.1) is 11.8 Å². The Morgan fingerprint density at radius 2 is 2.00 bits per heavy atom. The van der Waals surface area contributed by atoms with E-state index in [1.165, 1.54) is 19.6 Å². The first-order valence-corrected chi connectivity index (χ1v) is 8.89. The number of aliphatic carboxylic acids is 1. The van der Waals surface area contributed by atoms with Crippen molar-refractivity contribution in [3.8, 4) is 5.75 Å². The zero-order valence-corrected chi connectivity index (χ0v) is 15.4. The number of carboxylic acid groups (broad SMARTS) is 1. The second-order valence-electron chi connectivity index (χ2n) is 7.18. The summed E-state index contributed by atoms with van der Waals surface area (Å²) in [6.45, 7) is 1.73. The van der Waals surface area contributed by atoms with Crippen LogP contribution in [-0.4, -0.2) is 51.5 Å². The van der Waals surface area contributed by atoms with E-state index in [2.05, 4.69) is 15.3 Å². The molecule has 3 heterocycles. The van der Waals surface area contributed by atoms with E-state index < -0.39 is 41.2 Å². The van der Waals surface area contributed by atoms with Crippen molar-refractivity contribution in [2.24, 2.45) is 11.8 Å². The molecule has 0 aliphatic carbocycles. The van der Waals surface area contributed by atoms with Crippen LogP contribution in [0.5, 0.6) is 5.75 Å². The van der Waals surface area contributed by atoms with Gasteiger partial charge in [-0.3, -0.25) is 19.7 Å². The summed E-state index contributed by atoms with van der Waals surface area (Å²) in [7, 11) is 1.52. The lowest BCUT2D eigenvalue weighted by Crippen LogP contribution is -2.58. The number of benzene rings is 1. The van der Waals surface area contributed by atoms with Crippen LogP contribution in [0.25, 0.3) is 0 Å². The summed E-state index contributed by atoms with van der Waals surface area (Å²) in [6, 6.07) is 6.07. The second kappa shape index (κ2) is 6.45. The maximum atomic E-state index is 13.3. The maximum Gasteiger partial charge on any atom is 0.325 e. The number of nitrogens with zero attached hydrogens (tertiary/aromatic N) is 2. The van der Waals surface area contributed by atoms with E-state index in [0.717, 1.165) is 4.90 Å². The molecular formula is C19H20N4O5. The van der Waals surface area contributed by atoms with E-state index in [4.69, 9.17) is 4.74 Å². The molecule has 9 heteroatoms. The zero-order valence-electron chi connectivity index (χ0n) is 15.4. The van der Waals surface area contributed by atoms with Gasteiger partial charge in [-0.2, -0.15) is 0 Å². The number of hydrogen-bond acceptors (Lipinski definition) is 6. The normalized spacial score (nSPS) is 29.2. The summed E-state index contributed by atoms with van der Waals surface area (Å²) < 4.78 is 5.11. The average molecular weight is 384 g/mol. The van der Waals surface area contributed by atoms with Crippen LogP contribution in [-0.2, 0) is 20.8 Å². The van der Waals surface area contributed by atoms with Crippen LogP contribution in [0.2, 0.25) is 0 Å². The number of amides is 2. The molecule has 3 N–H and O–H groups in total. The molecule has 2 fully saturated rings. The van der Waals surface area contributed by atoms with Gasteiger partial charge in [-0.15, -0.1) is 0 Å². The number of hydrogen-bond donors (Lipinski definition) is 3. The van der Waals surface area contributed by atoms with E-state index in [1.54, 1.807) is 31.2 Å². The minimum Gasteiger partial charge on any atom is -0.497 e. The van der Waals surface area contributed by atoms with Gasteiger partial charge in [-0.1, -0.05) is 0 Å². The van der Waals surface area contributed by atoms with Crippen molar-refractivity contribution in [1.82, 2.24) is 15.3 Å². The quantitative estimate of drug-likeness (QED) is 0.644. The molecule has 4 atom stereocenters. The van der Waals surface area contributed by atoms with Crippen molar-refractivity contribution in [3.05, 3.63) is 42.5 Å². The van der Waals surface area contributed by atoms with E-state index in [0.29, 0.717) is 17.1 Å². The summed E-state index contributed by atoms with van der Waals surface area (Å²) in [5, 5.41) is 13.1. The predicted molar refractivity (Wildman–Crippen MR) is 97.7 cm³/mol. The molecule has 1 aromatic carbocycles. The SMILES string of the molecule is COc1ccc(N2C(=O)[C@H]3C(C)NC(Cc4cnc[nH]4)(C(=O)O)[C@H]3C2=O)cc1. The first-order chi connectivity index (χ1) is 13.4. The number of H-pyrrole nitrogens is 1. The largest absolute Gasteiger partial charge is 0.497 e. The highest BCUT2D eigenvalue weighted by molar-refractivity contribution is 6.24. The summed E-state index contributed by atoms with van der Waals surface area (Å²) in [4.78, 5) is 46.6. The van der Waals surface area contributed by atoms with E-state index in [9.17, 15) is 19.5 Å². The number of carbonyl (C=O) groups is 3. The molecular weight excluding hydrogens is 364 g/mol. The minimum absolute atomic E-state index is 0.0172. The summed E-state index contributed by atoms with van der Waals surface area (Å²) >= 11 is 0. The Bertz CT molecular complexity index is 926. The van der Waals surface area contributed by atoms with Gasteiger partial charge >= 0.3 is 5.97 Å². The third kappa shape index (κ3) is 2.50. The van der Waals surface area contributed by atoms with Crippen LogP contribution >= 0.6 is 0 Å². The maximum absolute atomic E-state index is 13.3. The van der Waals surface area contributed by atoms with Crippen molar-refractivity contribution in [2.45, 2.75) is 24.9 Å². The fraction of sp³-hybridized carbons (Fsp3) is 0.368. The topological polar surface area (TPSA) is 125 Å². The summed E-state index contributed by atoms with van der Waals surface area (Å²) in [5.41, 5.74) is -0.617. The highest BCUT2D eigenvalue weighted by Gasteiger charge is 2.67. The van der Waals surface area contributed by atoms with Gasteiger partial charge in [0.25, 0.3) is 0 Å². The third-order valence-electron chi connectivity index (χ3n) is 5.64. The number of fused-ring (bicyclic) bond motifs is 1. The molecule has 2 unspecified atom stereocenters. The van der Waals surface area contributed by atoms with Crippen LogP contribution < -0.4 is 15.0 Å². The monoisotopic (exact) mass is 384 g/mol. The Morgan fingerprint density at radius 3 is 2.57 bits per heavy atom. The van der Waals surface area contributed by atoms with Gasteiger partial charge in [-0.05, 0) is 31.2 Å². The van der Waals surface area contributed by atoms with E-state index in [1.807, 2.05) is 0 Å². The number of methoxy groups -OCH3 is 1. The van der Waals surface area contributed by atoms with Crippen LogP contribution in [0.15, 0.2) is 36.8 Å². The first-order valence-electron chi connectivity index (χ1n) is 8.89. The van der Waals surface area contributed by atoms with Gasteiger partial charge in [-0.25, -0.2) is 9.88 Å². The molecule has 0 saturated carbocycles. The summed E-state index contributed by atoms with van der Waals surface area (Å²) in [6.07, 6.45) is 2.99. The molecule has 2 aromatic rings. The van der Waals surface area contributed by atoms with Crippen molar-refractivity contribution in [1.29, 1.82) is 0 Å². The lowest BCUT2D eigenvalue weighted by molar-refractivity contribution is -0.148. The molecule has 2 saturated heterocycles. The standard InChI is InChI=1S/C19H20N4O5/c1-10-14-15(19(22-10,18(26)27)7-11-8-20-9-21-11)17(25)23(16(14)24)12-3-5-13(28-2)6-4-12/h3-6,8-10,14-15,22H,7H2,1-2H3,(H,20,21)(H,26,27)/t10?,14-,15+,19?/m0/s1. The van der Waals surface area contributed by atoms with Crippen molar-refractivity contribution < 1.29 is 24.2 Å². The fourth-order valence-corrected chi connectivity index (χ4v) is 4.40. The van der Waals surface area contributed by atoms with Gasteiger partial charge < -0.3 is 14.8 Å². The fourth-order valence-electron chi connectivity index (χ4n) is 4.40. The van der Waals surface area contributed by atoms with Crippen molar-refractivity contribution in [3.63, 3.8) is 0 Å². The van der Waals surface area contributed by atoms with Crippen LogP contribution in [0.3, 0.4) is 0 Å². The lowest BCUT2D eigenvalue weighted by Gasteiger charge is -2.30. The number of anilines is 1. The molecule has 1 aromatic heterocycles. The predicted octanol–water partition coefficient (Wildman–Crippen LogP) is 0.582. The van der Waals surface area contributed by atoms with Gasteiger partial charge in [0.15, 0.2) is 0 Å². The average Bonchev–Trinajstić information content (AvgIpc) is 3.34. The molecule has 2 amide bonds. The number of aromatic amines is 1. The first kappa shape index (κ1) is 18.2. The third-order valence-corrected chi connectivity index (χ3v) is 5.64.